The largest absolute Gasteiger partial charge is 0.355 e. The number of hydrogen-bond donors (Lipinski definition) is 3. The van der Waals surface area contributed by atoms with Crippen LogP contribution in [0.2, 0.25) is 0 Å². The summed E-state index contributed by atoms with van der Waals surface area (Å²) in [7, 11) is 0. The van der Waals surface area contributed by atoms with Crippen LogP contribution in [-0.2, 0) is 9.59 Å². The summed E-state index contributed by atoms with van der Waals surface area (Å²) in [5.41, 5.74) is 0. The van der Waals surface area contributed by atoms with E-state index >= 15 is 0 Å². The van der Waals surface area contributed by atoms with Crippen LogP contribution >= 0.6 is 0 Å². The summed E-state index contributed by atoms with van der Waals surface area (Å²) in [6.45, 7) is 6.28. The lowest BCUT2D eigenvalue weighted by Gasteiger charge is -2.25. The van der Waals surface area contributed by atoms with Crippen molar-refractivity contribution in [3.63, 3.8) is 0 Å². The molecule has 1 fully saturated rings. The van der Waals surface area contributed by atoms with Gasteiger partial charge in [-0.2, -0.15) is 0 Å². The zero-order chi connectivity index (χ0) is 15.0. The number of amides is 2. The minimum Gasteiger partial charge on any atom is -0.355 e. The van der Waals surface area contributed by atoms with Crippen molar-refractivity contribution in [3.8, 4) is 0 Å². The molecule has 116 valence electrons. The fourth-order valence-corrected chi connectivity index (χ4v) is 2.50. The van der Waals surface area contributed by atoms with Crippen LogP contribution in [0.25, 0.3) is 0 Å². The van der Waals surface area contributed by atoms with E-state index in [1.165, 1.54) is 19.3 Å². The van der Waals surface area contributed by atoms with Crippen molar-refractivity contribution in [2.24, 2.45) is 0 Å². The lowest BCUT2D eigenvalue weighted by atomic mass is 9.95. The summed E-state index contributed by atoms with van der Waals surface area (Å²) in [5, 5.41) is 8.95. The molecule has 2 amide bonds. The maximum atomic E-state index is 12.1. The maximum Gasteiger partial charge on any atom is 0.237 e. The Balaban J connectivity index is 2.30. The zero-order valence-electron chi connectivity index (χ0n) is 13.0. The highest BCUT2D eigenvalue weighted by Gasteiger charge is 2.22. The fourth-order valence-electron chi connectivity index (χ4n) is 2.50. The molecule has 5 nitrogen and oxygen atoms in total. The first kappa shape index (κ1) is 17.0. The predicted octanol–water partition coefficient (Wildman–Crippen LogP) is 1.33. The van der Waals surface area contributed by atoms with E-state index in [4.69, 9.17) is 0 Å². The van der Waals surface area contributed by atoms with E-state index in [-0.39, 0.29) is 23.9 Å². The molecule has 0 aromatic heterocycles. The van der Waals surface area contributed by atoms with E-state index in [1.807, 2.05) is 13.8 Å². The zero-order valence-corrected chi connectivity index (χ0v) is 13.0. The second-order valence-corrected chi connectivity index (χ2v) is 5.74. The van der Waals surface area contributed by atoms with Gasteiger partial charge in [0.1, 0.15) is 0 Å². The third-order valence-electron chi connectivity index (χ3n) is 3.79. The van der Waals surface area contributed by atoms with Crippen molar-refractivity contribution in [1.29, 1.82) is 0 Å². The highest BCUT2D eigenvalue weighted by Crippen LogP contribution is 2.17. The Kier molecular flexibility index (Phi) is 7.59. The van der Waals surface area contributed by atoms with Gasteiger partial charge in [-0.25, -0.2) is 0 Å². The van der Waals surface area contributed by atoms with Crippen molar-refractivity contribution >= 4 is 11.8 Å². The van der Waals surface area contributed by atoms with Crippen LogP contribution in [-0.4, -0.2) is 36.5 Å². The molecule has 2 unspecified atom stereocenters. The molecule has 0 aromatic carbocycles. The summed E-state index contributed by atoms with van der Waals surface area (Å²) in [5.74, 6) is -0.0591. The summed E-state index contributed by atoms with van der Waals surface area (Å²) >= 11 is 0. The van der Waals surface area contributed by atoms with Crippen molar-refractivity contribution in [2.45, 2.75) is 77.4 Å². The fraction of sp³-hybridized carbons (Fsp3) is 0.867. The number of carbonyl (C=O) groups is 2. The van der Waals surface area contributed by atoms with Gasteiger partial charge in [0.05, 0.1) is 12.1 Å². The van der Waals surface area contributed by atoms with Gasteiger partial charge in [0.25, 0.3) is 0 Å². The van der Waals surface area contributed by atoms with Gasteiger partial charge in [-0.15, -0.1) is 0 Å². The predicted molar refractivity (Wildman–Crippen MR) is 80.4 cm³/mol. The molecule has 1 aliphatic rings. The molecule has 1 aliphatic carbocycles. The first-order chi connectivity index (χ1) is 9.54. The maximum absolute atomic E-state index is 12.1. The molecule has 2 atom stereocenters. The van der Waals surface area contributed by atoms with E-state index in [9.17, 15) is 9.59 Å². The van der Waals surface area contributed by atoms with Gasteiger partial charge in [0.15, 0.2) is 0 Å². The van der Waals surface area contributed by atoms with E-state index in [0.29, 0.717) is 12.6 Å². The Bertz CT molecular complexity index is 314. The number of rotatable bonds is 7. The number of carbonyl (C=O) groups excluding carboxylic acids is 2. The van der Waals surface area contributed by atoms with Gasteiger partial charge >= 0.3 is 0 Å². The third-order valence-corrected chi connectivity index (χ3v) is 3.79. The van der Waals surface area contributed by atoms with Gasteiger partial charge in [-0.05, 0) is 33.1 Å². The molecule has 0 bridgehead atoms. The standard InChI is InChI=1S/C15H29N3O2/c1-4-10-16-14(19)11(2)17-12(3)15(20)18-13-8-6-5-7-9-13/h11-13,17H,4-10H2,1-3H3,(H,16,19)(H,18,20). The van der Waals surface area contributed by atoms with Crippen LogP contribution in [0.5, 0.6) is 0 Å². The molecular formula is C15H29N3O2. The summed E-state index contributed by atoms with van der Waals surface area (Å²) in [6.07, 6.45) is 6.73. The molecule has 0 aromatic rings. The molecule has 0 spiro atoms. The monoisotopic (exact) mass is 283 g/mol. The molecular weight excluding hydrogens is 254 g/mol. The van der Waals surface area contributed by atoms with Gasteiger partial charge < -0.3 is 10.6 Å². The Labute approximate surface area is 122 Å². The molecule has 5 heteroatoms. The molecule has 1 saturated carbocycles. The molecule has 20 heavy (non-hydrogen) atoms. The van der Waals surface area contributed by atoms with Gasteiger partial charge in [-0.3, -0.25) is 14.9 Å². The Morgan fingerprint density at radius 1 is 1.05 bits per heavy atom. The number of hydrogen-bond acceptors (Lipinski definition) is 3. The first-order valence-electron chi connectivity index (χ1n) is 7.88. The lowest BCUT2D eigenvalue weighted by Crippen LogP contribution is -2.52. The van der Waals surface area contributed by atoms with E-state index < -0.39 is 0 Å². The summed E-state index contributed by atoms with van der Waals surface area (Å²) in [6, 6.07) is -0.391. The van der Waals surface area contributed by atoms with Crippen LogP contribution in [0.1, 0.15) is 59.3 Å². The van der Waals surface area contributed by atoms with Crippen molar-refractivity contribution < 1.29 is 9.59 Å². The highest BCUT2D eigenvalue weighted by atomic mass is 16.2. The van der Waals surface area contributed by atoms with E-state index in [2.05, 4.69) is 16.0 Å². The lowest BCUT2D eigenvalue weighted by molar-refractivity contribution is -0.125. The molecule has 0 heterocycles. The minimum atomic E-state index is -0.353. The van der Waals surface area contributed by atoms with Gasteiger partial charge in [0.2, 0.25) is 11.8 Å². The highest BCUT2D eigenvalue weighted by molar-refractivity contribution is 5.84. The van der Waals surface area contributed by atoms with Crippen molar-refractivity contribution in [3.05, 3.63) is 0 Å². The van der Waals surface area contributed by atoms with E-state index in [1.54, 1.807) is 6.92 Å². The minimum absolute atomic E-state index is 0.00737. The second-order valence-electron chi connectivity index (χ2n) is 5.74. The van der Waals surface area contributed by atoms with Crippen LogP contribution < -0.4 is 16.0 Å². The summed E-state index contributed by atoms with van der Waals surface area (Å²) in [4.78, 5) is 23.8. The van der Waals surface area contributed by atoms with Crippen LogP contribution in [0.3, 0.4) is 0 Å². The average Bonchev–Trinajstić information content (AvgIpc) is 2.45. The number of nitrogens with one attached hydrogen (secondary N) is 3. The van der Waals surface area contributed by atoms with Gasteiger partial charge in [-0.1, -0.05) is 26.2 Å². The Morgan fingerprint density at radius 2 is 1.65 bits per heavy atom. The molecule has 0 radical (unpaired) electrons. The molecule has 0 saturated heterocycles. The normalized spacial score (nSPS) is 19.1. The smallest absolute Gasteiger partial charge is 0.237 e. The Morgan fingerprint density at radius 3 is 2.25 bits per heavy atom. The van der Waals surface area contributed by atoms with Crippen LogP contribution in [0.15, 0.2) is 0 Å². The first-order valence-corrected chi connectivity index (χ1v) is 7.88. The van der Waals surface area contributed by atoms with Crippen molar-refractivity contribution in [1.82, 2.24) is 16.0 Å². The van der Waals surface area contributed by atoms with Crippen molar-refractivity contribution in [2.75, 3.05) is 6.54 Å². The van der Waals surface area contributed by atoms with Crippen LogP contribution in [0.4, 0.5) is 0 Å². The van der Waals surface area contributed by atoms with Crippen LogP contribution in [0, 0.1) is 0 Å². The molecule has 1 rings (SSSR count). The molecule has 3 N–H and O–H groups in total. The van der Waals surface area contributed by atoms with E-state index in [0.717, 1.165) is 19.3 Å². The summed E-state index contributed by atoms with van der Waals surface area (Å²) < 4.78 is 0. The molecule has 0 aliphatic heterocycles. The SMILES string of the molecule is CCCNC(=O)C(C)NC(C)C(=O)NC1CCCCC1. The Hall–Kier alpha value is -1.10. The average molecular weight is 283 g/mol. The van der Waals surface area contributed by atoms with Gasteiger partial charge in [0, 0.05) is 12.6 Å². The second kappa shape index (κ2) is 8.95. The third kappa shape index (κ3) is 5.90. The quantitative estimate of drug-likeness (QED) is 0.660. The topological polar surface area (TPSA) is 70.2 Å².